The molecule has 1 aromatic heterocycles. The van der Waals surface area contributed by atoms with E-state index in [4.69, 9.17) is 0 Å². The van der Waals surface area contributed by atoms with Gasteiger partial charge in [0.1, 0.15) is 0 Å². The summed E-state index contributed by atoms with van der Waals surface area (Å²) in [5, 5.41) is 0. The van der Waals surface area contributed by atoms with Gasteiger partial charge >= 0.3 is 0 Å². The van der Waals surface area contributed by atoms with Crippen molar-refractivity contribution >= 4 is 33.2 Å². The molecular weight excluding hydrogens is 310 g/mol. The van der Waals surface area contributed by atoms with Gasteiger partial charge in [0.25, 0.3) is 0 Å². The number of carbonyl (C=O) groups excluding carboxylic acids is 1. The summed E-state index contributed by atoms with van der Waals surface area (Å²) in [6.45, 7) is 0.753. The normalized spacial score (nSPS) is 29.8. The van der Waals surface area contributed by atoms with Crippen LogP contribution in [0, 0.1) is 17.8 Å². The molecule has 3 rings (SSSR count). The van der Waals surface area contributed by atoms with Crippen LogP contribution in [0.15, 0.2) is 15.9 Å². The number of nitrogens with zero attached hydrogens (tertiary/aromatic N) is 1. The van der Waals surface area contributed by atoms with E-state index in [2.05, 4.69) is 28.1 Å². The molecule has 1 amide bonds. The Morgan fingerprint density at radius 2 is 2.28 bits per heavy atom. The molecule has 4 heteroatoms. The SMILES string of the molecule is CN(Cc1ccc(Br)s1)C(=O)C1CC2CCC1C2. The lowest BCUT2D eigenvalue weighted by atomic mass is 9.88. The maximum Gasteiger partial charge on any atom is 0.226 e. The van der Waals surface area contributed by atoms with E-state index >= 15 is 0 Å². The number of rotatable bonds is 3. The summed E-state index contributed by atoms with van der Waals surface area (Å²) in [5.41, 5.74) is 0. The van der Waals surface area contributed by atoms with Gasteiger partial charge in [-0.1, -0.05) is 6.42 Å². The molecule has 2 nitrogen and oxygen atoms in total. The molecule has 2 aliphatic carbocycles. The van der Waals surface area contributed by atoms with Gasteiger partial charge in [-0.25, -0.2) is 0 Å². The first kappa shape index (κ1) is 12.7. The second kappa shape index (κ2) is 4.97. The summed E-state index contributed by atoms with van der Waals surface area (Å²) in [7, 11) is 1.95. The second-order valence-corrected chi connectivity index (χ2v) is 8.23. The molecule has 3 unspecified atom stereocenters. The number of halogens is 1. The monoisotopic (exact) mass is 327 g/mol. The Morgan fingerprint density at radius 3 is 2.83 bits per heavy atom. The first-order valence-corrected chi connectivity index (χ1v) is 8.23. The third-order valence-electron chi connectivity index (χ3n) is 4.45. The lowest BCUT2D eigenvalue weighted by Gasteiger charge is -2.26. The van der Waals surface area contributed by atoms with Gasteiger partial charge in [-0.2, -0.15) is 0 Å². The number of amides is 1. The van der Waals surface area contributed by atoms with Crippen molar-refractivity contribution in [2.75, 3.05) is 7.05 Å². The van der Waals surface area contributed by atoms with Gasteiger partial charge in [0, 0.05) is 17.8 Å². The van der Waals surface area contributed by atoms with E-state index < -0.39 is 0 Å². The average Bonchev–Trinajstić information content (AvgIpc) is 3.04. The Balaban J connectivity index is 1.62. The molecule has 0 aliphatic heterocycles. The minimum Gasteiger partial charge on any atom is -0.340 e. The zero-order chi connectivity index (χ0) is 12.7. The third kappa shape index (κ3) is 2.37. The zero-order valence-corrected chi connectivity index (χ0v) is 13.0. The van der Waals surface area contributed by atoms with E-state index in [1.807, 2.05) is 11.9 Å². The molecule has 0 N–H and O–H groups in total. The van der Waals surface area contributed by atoms with Crippen LogP contribution in [0.2, 0.25) is 0 Å². The van der Waals surface area contributed by atoms with Crippen LogP contribution < -0.4 is 0 Å². The van der Waals surface area contributed by atoms with E-state index in [9.17, 15) is 4.79 Å². The van der Waals surface area contributed by atoms with Crippen molar-refractivity contribution in [3.63, 3.8) is 0 Å². The molecule has 18 heavy (non-hydrogen) atoms. The van der Waals surface area contributed by atoms with Gasteiger partial charge in [-0.15, -0.1) is 11.3 Å². The summed E-state index contributed by atoms with van der Waals surface area (Å²) in [6.07, 6.45) is 5.08. The average molecular weight is 328 g/mol. The number of thiophene rings is 1. The molecule has 2 bridgehead atoms. The Bertz CT molecular complexity index is 458. The van der Waals surface area contributed by atoms with Crippen molar-refractivity contribution in [1.29, 1.82) is 0 Å². The highest BCUT2D eigenvalue weighted by Gasteiger charge is 2.43. The van der Waals surface area contributed by atoms with Gasteiger partial charge in [-0.3, -0.25) is 4.79 Å². The number of fused-ring (bicyclic) bond motifs is 2. The van der Waals surface area contributed by atoms with Gasteiger partial charge in [-0.05, 0) is 59.2 Å². The second-order valence-electron chi connectivity index (χ2n) is 5.68. The molecule has 0 saturated heterocycles. The molecule has 98 valence electrons. The van der Waals surface area contributed by atoms with Gasteiger partial charge < -0.3 is 4.90 Å². The van der Waals surface area contributed by atoms with Crippen LogP contribution in [0.5, 0.6) is 0 Å². The number of hydrogen-bond donors (Lipinski definition) is 0. The maximum atomic E-state index is 12.5. The Kier molecular flexibility index (Phi) is 3.50. The fourth-order valence-corrected chi connectivity index (χ4v) is 5.12. The van der Waals surface area contributed by atoms with E-state index in [0.29, 0.717) is 17.7 Å². The highest BCUT2D eigenvalue weighted by molar-refractivity contribution is 9.11. The van der Waals surface area contributed by atoms with Crippen LogP contribution in [-0.4, -0.2) is 17.9 Å². The predicted molar refractivity (Wildman–Crippen MR) is 77.4 cm³/mol. The van der Waals surface area contributed by atoms with Crippen LogP contribution in [0.3, 0.4) is 0 Å². The standard InChI is InChI=1S/C14H18BrNOS/c1-16(8-11-4-5-13(15)18-11)14(17)12-7-9-2-3-10(12)6-9/h4-5,9-10,12H,2-3,6-8H2,1H3. The Morgan fingerprint density at radius 1 is 1.44 bits per heavy atom. The summed E-state index contributed by atoms with van der Waals surface area (Å²) < 4.78 is 1.14. The first-order chi connectivity index (χ1) is 8.63. The summed E-state index contributed by atoms with van der Waals surface area (Å²) in [6, 6.07) is 4.15. The van der Waals surface area contributed by atoms with E-state index in [-0.39, 0.29) is 0 Å². The quantitative estimate of drug-likeness (QED) is 0.824. The van der Waals surface area contributed by atoms with Crippen molar-refractivity contribution in [3.05, 3.63) is 20.8 Å². The van der Waals surface area contributed by atoms with Crippen molar-refractivity contribution in [2.45, 2.75) is 32.2 Å². The number of hydrogen-bond acceptors (Lipinski definition) is 2. The van der Waals surface area contributed by atoms with E-state index in [0.717, 1.165) is 22.7 Å². The molecule has 3 atom stereocenters. The van der Waals surface area contributed by atoms with Crippen LogP contribution in [0.25, 0.3) is 0 Å². The largest absolute Gasteiger partial charge is 0.340 e. The lowest BCUT2D eigenvalue weighted by Crippen LogP contribution is -2.34. The zero-order valence-electron chi connectivity index (χ0n) is 10.6. The molecule has 0 spiro atoms. The minimum atomic E-state index is 0.317. The summed E-state index contributed by atoms with van der Waals surface area (Å²) >= 11 is 5.18. The fraction of sp³-hybridized carbons (Fsp3) is 0.643. The van der Waals surface area contributed by atoms with Crippen molar-refractivity contribution in [2.24, 2.45) is 17.8 Å². The molecular formula is C14H18BrNOS. The topological polar surface area (TPSA) is 20.3 Å². The molecule has 1 heterocycles. The Labute approximate surface area is 120 Å². The first-order valence-electron chi connectivity index (χ1n) is 6.62. The van der Waals surface area contributed by atoms with Crippen LogP contribution in [0.4, 0.5) is 0 Å². The molecule has 0 aromatic carbocycles. The van der Waals surface area contributed by atoms with Crippen molar-refractivity contribution < 1.29 is 4.79 Å². The predicted octanol–water partition coefficient (Wildman–Crippen LogP) is 3.91. The van der Waals surface area contributed by atoms with Crippen molar-refractivity contribution in [3.8, 4) is 0 Å². The lowest BCUT2D eigenvalue weighted by molar-refractivity contribution is -0.136. The van der Waals surface area contributed by atoms with Crippen LogP contribution >= 0.6 is 27.3 Å². The van der Waals surface area contributed by atoms with Gasteiger partial charge in [0.15, 0.2) is 0 Å². The Hall–Kier alpha value is -0.350. The van der Waals surface area contributed by atoms with Gasteiger partial charge in [0.2, 0.25) is 5.91 Å². The van der Waals surface area contributed by atoms with Crippen LogP contribution in [-0.2, 0) is 11.3 Å². The molecule has 2 saturated carbocycles. The third-order valence-corrected chi connectivity index (χ3v) is 6.06. The van der Waals surface area contributed by atoms with Crippen LogP contribution in [0.1, 0.15) is 30.6 Å². The molecule has 2 aliphatic rings. The smallest absolute Gasteiger partial charge is 0.226 e. The van der Waals surface area contributed by atoms with E-state index in [1.165, 1.54) is 24.1 Å². The maximum absolute atomic E-state index is 12.5. The highest BCUT2D eigenvalue weighted by atomic mass is 79.9. The highest BCUT2D eigenvalue weighted by Crippen LogP contribution is 2.48. The molecule has 2 fully saturated rings. The summed E-state index contributed by atoms with van der Waals surface area (Å²) in [5.74, 6) is 2.21. The minimum absolute atomic E-state index is 0.317. The number of carbonyl (C=O) groups is 1. The fourth-order valence-electron chi connectivity index (χ4n) is 3.58. The molecule has 1 aromatic rings. The van der Waals surface area contributed by atoms with E-state index in [1.54, 1.807) is 11.3 Å². The van der Waals surface area contributed by atoms with Crippen molar-refractivity contribution in [1.82, 2.24) is 4.90 Å². The van der Waals surface area contributed by atoms with Gasteiger partial charge in [0.05, 0.1) is 10.3 Å². The summed E-state index contributed by atoms with van der Waals surface area (Å²) in [4.78, 5) is 15.6. The molecule has 0 radical (unpaired) electrons.